The van der Waals surface area contributed by atoms with Gasteiger partial charge < -0.3 is 10.4 Å². The van der Waals surface area contributed by atoms with Crippen molar-refractivity contribution in [3.8, 4) is 0 Å². The molecule has 18 heavy (non-hydrogen) atoms. The molecule has 2 aromatic rings. The first-order valence-electron chi connectivity index (χ1n) is 6.06. The zero-order chi connectivity index (χ0) is 13.0. The monoisotopic (exact) mass is 247 g/mol. The van der Waals surface area contributed by atoms with Crippen LogP contribution in [-0.2, 0) is 0 Å². The molecule has 1 amide bonds. The maximum Gasteiger partial charge on any atom is 0.251 e. The lowest BCUT2D eigenvalue weighted by Gasteiger charge is -2.06. The first kappa shape index (κ1) is 12.6. The first-order chi connectivity index (χ1) is 8.66. The maximum atomic E-state index is 11.9. The molecule has 1 aromatic heterocycles. The molecule has 96 valence electrons. The summed E-state index contributed by atoms with van der Waals surface area (Å²) in [5.74, 6) is -0.0938. The second kappa shape index (κ2) is 5.64. The number of carbonyl (C=O) groups is 1. The summed E-state index contributed by atoms with van der Waals surface area (Å²) in [5.41, 5.74) is 1.54. The van der Waals surface area contributed by atoms with E-state index >= 15 is 0 Å². The van der Waals surface area contributed by atoms with Crippen LogP contribution in [0.1, 0.15) is 30.1 Å². The summed E-state index contributed by atoms with van der Waals surface area (Å²) in [7, 11) is 0. The van der Waals surface area contributed by atoms with Crippen molar-refractivity contribution < 1.29 is 9.90 Å². The van der Waals surface area contributed by atoms with E-state index in [1.807, 2.05) is 12.1 Å². The van der Waals surface area contributed by atoms with E-state index in [0.717, 1.165) is 17.3 Å². The third kappa shape index (κ3) is 3.07. The third-order valence-electron chi connectivity index (χ3n) is 2.79. The summed E-state index contributed by atoms with van der Waals surface area (Å²) < 4.78 is 0. The topological polar surface area (TPSA) is 78.0 Å². The smallest absolute Gasteiger partial charge is 0.251 e. The number of H-pyrrole nitrogens is 1. The molecule has 0 aliphatic rings. The highest BCUT2D eigenvalue weighted by molar-refractivity contribution is 5.97. The molecule has 5 heteroatoms. The van der Waals surface area contributed by atoms with Gasteiger partial charge in [-0.1, -0.05) is 0 Å². The number of fused-ring (bicyclic) bond motifs is 1. The average Bonchev–Trinajstić information content (AvgIpc) is 2.81. The number of amides is 1. The van der Waals surface area contributed by atoms with E-state index < -0.39 is 0 Å². The van der Waals surface area contributed by atoms with Crippen molar-refractivity contribution in [1.82, 2.24) is 15.5 Å². The number of nitrogens with zero attached hydrogens (tertiary/aromatic N) is 1. The van der Waals surface area contributed by atoms with Gasteiger partial charge in [0.1, 0.15) is 0 Å². The molecule has 1 heterocycles. The number of hydrogen-bond acceptors (Lipinski definition) is 3. The number of aromatic nitrogens is 2. The molecule has 2 rings (SSSR count). The lowest BCUT2D eigenvalue weighted by atomic mass is 10.1. The summed E-state index contributed by atoms with van der Waals surface area (Å²) in [6.07, 6.45) is 2.85. The molecule has 1 unspecified atom stereocenters. The molecule has 3 N–H and O–H groups in total. The zero-order valence-corrected chi connectivity index (χ0v) is 10.3. The van der Waals surface area contributed by atoms with Crippen molar-refractivity contribution in [3.05, 3.63) is 30.0 Å². The van der Waals surface area contributed by atoms with Crippen LogP contribution >= 0.6 is 0 Å². The van der Waals surface area contributed by atoms with E-state index in [0.29, 0.717) is 18.5 Å². The Bertz CT molecular complexity index is 534. The predicted molar refractivity (Wildman–Crippen MR) is 69.3 cm³/mol. The van der Waals surface area contributed by atoms with Gasteiger partial charge in [-0.2, -0.15) is 5.10 Å². The second-order valence-electron chi connectivity index (χ2n) is 4.42. The van der Waals surface area contributed by atoms with Gasteiger partial charge in [-0.15, -0.1) is 0 Å². The minimum Gasteiger partial charge on any atom is -0.393 e. The Balaban J connectivity index is 1.92. The molecule has 0 radical (unpaired) electrons. The quantitative estimate of drug-likeness (QED) is 0.700. The molecule has 0 fully saturated rings. The Morgan fingerprint density at radius 3 is 3.17 bits per heavy atom. The largest absolute Gasteiger partial charge is 0.393 e. The minimum atomic E-state index is -0.316. The van der Waals surface area contributed by atoms with Gasteiger partial charge in [0, 0.05) is 17.5 Å². The van der Waals surface area contributed by atoms with Crippen LogP contribution in [0.25, 0.3) is 10.9 Å². The molecule has 0 bridgehead atoms. The van der Waals surface area contributed by atoms with Gasteiger partial charge >= 0.3 is 0 Å². The fourth-order valence-corrected chi connectivity index (χ4v) is 1.79. The molecule has 1 aromatic carbocycles. The van der Waals surface area contributed by atoms with Crippen molar-refractivity contribution in [2.24, 2.45) is 0 Å². The zero-order valence-electron chi connectivity index (χ0n) is 10.3. The van der Waals surface area contributed by atoms with E-state index in [2.05, 4.69) is 15.5 Å². The summed E-state index contributed by atoms with van der Waals surface area (Å²) >= 11 is 0. The molecule has 0 spiro atoms. The number of rotatable bonds is 5. The van der Waals surface area contributed by atoms with E-state index in [1.165, 1.54) is 0 Å². The van der Waals surface area contributed by atoms with Crippen LogP contribution in [0.4, 0.5) is 0 Å². The van der Waals surface area contributed by atoms with Crippen LogP contribution in [0.5, 0.6) is 0 Å². The molecular formula is C13H17N3O2. The number of aliphatic hydroxyl groups is 1. The van der Waals surface area contributed by atoms with Crippen LogP contribution in [0.3, 0.4) is 0 Å². The van der Waals surface area contributed by atoms with Gasteiger partial charge in [-0.25, -0.2) is 0 Å². The van der Waals surface area contributed by atoms with E-state index in [9.17, 15) is 4.79 Å². The highest BCUT2D eigenvalue weighted by atomic mass is 16.3. The SMILES string of the molecule is CC(O)CCCNC(=O)c1ccc2[nH]ncc2c1. The van der Waals surface area contributed by atoms with Crippen molar-refractivity contribution >= 4 is 16.8 Å². The molecule has 1 atom stereocenters. The van der Waals surface area contributed by atoms with Crippen molar-refractivity contribution in [2.75, 3.05) is 6.54 Å². The van der Waals surface area contributed by atoms with Gasteiger partial charge in [0.2, 0.25) is 0 Å². The molecule has 0 saturated carbocycles. The Morgan fingerprint density at radius 2 is 2.39 bits per heavy atom. The van der Waals surface area contributed by atoms with Crippen LogP contribution in [0.2, 0.25) is 0 Å². The van der Waals surface area contributed by atoms with Gasteiger partial charge in [-0.05, 0) is 38.0 Å². The Kier molecular flexibility index (Phi) is 3.94. The predicted octanol–water partition coefficient (Wildman–Crippen LogP) is 1.45. The van der Waals surface area contributed by atoms with Crippen molar-refractivity contribution in [2.45, 2.75) is 25.9 Å². The first-order valence-corrected chi connectivity index (χ1v) is 6.06. The summed E-state index contributed by atoms with van der Waals surface area (Å²) in [6.45, 7) is 2.32. The standard InChI is InChI=1S/C13H17N3O2/c1-9(17)3-2-6-14-13(18)10-4-5-12-11(7-10)8-15-16-12/h4-5,7-9,17H,2-3,6H2,1H3,(H,14,18)(H,15,16). The van der Waals surface area contributed by atoms with Crippen LogP contribution in [0.15, 0.2) is 24.4 Å². The number of nitrogens with one attached hydrogen (secondary N) is 2. The van der Waals surface area contributed by atoms with E-state index in [1.54, 1.807) is 19.2 Å². The van der Waals surface area contributed by atoms with Crippen LogP contribution in [0, 0.1) is 0 Å². The van der Waals surface area contributed by atoms with Crippen LogP contribution < -0.4 is 5.32 Å². The third-order valence-corrected chi connectivity index (χ3v) is 2.79. The molecule has 0 saturated heterocycles. The summed E-state index contributed by atoms with van der Waals surface area (Å²) in [6, 6.07) is 5.42. The average molecular weight is 247 g/mol. The number of benzene rings is 1. The van der Waals surface area contributed by atoms with E-state index in [-0.39, 0.29) is 12.0 Å². The lowest BCUT2D eigenvalue weighted by molar-refractivity contribution is 0.0950. The summed E-state index contributed by atoms with van der Waals surface area (Å²) in [4.78, 5) is 11.9. The molecular weight excluding hydrogens is 230 g/mol. The van der Waals surface area contributed by atoms with Crippen molar-refractivity contribution in [1.29, 1.82) is 0 Å². The van der Waals surface area contributed by atoms with Gasteiger partial charge in [-0.3, -0.25) is 9.89 Å². The van der Waals surface area contributed by atoms with Gasteiger partial charge in [0.05, 0.1) is 17.8 Å². The molecule has 0 aliphatic heterocycles. The highest BCUT2D eigenvalue weighted by Gasteiger charge is 2.06. The lowest BCUT2D eigenvalue weighted by Crippen LogP contribution is -2.24. The fraction of sp³-hybridized carbons (Fsp3) is 0.385. The van der Waals surface area contributed by atoms with Gasteiger partial charge in [0.15, 0.2) is 0 Å². The summed E-state index contributed by atoms with van der Waals surface area (Å²) in [5, 5.41) is 19.6. The number of aromatic amines is 1. The molecule has 5 nitrogen and oxygen atoms in total. The highest BCUT2D eigenvalue weighted by Crippen LogP contribution is 2.12. The number of aliphatic hydroxyl groups excluding tert-OH is 1. The number of hydrogen-bond donors (Lipinski definition) is 3. The van der Waals surface area contributed by atoms with Crippen LogP contribution in [-0.4, -0.2) is 33.9 Å². The van der Waals surface area contributed by atoms with E-state index in [4.69, 9.17) is 5.11 Å². The normalized spacial score (nSPS) is 12.6. The second-order valence-corrected chi connectivity index (χ2v) is 4.42. The van der Waals surface area contributed by atoms with Gasteiger partial charge in [0.25, 0.3) is 5.91 Å². The number of carbonyl (C=O) groups excluding carboxylic acids is 1. The Morgan fingerprint density at radius 1 is 1.56 bits per heavy atom. The Hall–Kier alpha value is -1.88. The Labute approximate surface area is 105 Å². The minimum absolute atomic E-state index is 0.0938. The maximum absolute atomic E-state index is 11.9. The fourth-order valence-electron chi connectivity index (χ4n) is 1.79. The van der Waals surface area contributed by atoms with Crippen molar-refractivity contribution in [3.63, 3.8) is 0 Å². The molecule has 0 aliphatic carbocycles.